The summed E-state index contributed by atoms with van der Waals surface area (Å²) in [6, 6.07) is 7.39. The maximum absolute atomic E-state index is 12.5. The molecule has 2 N–H and O–H groups in total. The van der Waals surface area contributed by atoms with Gasteiger partial charge in [0.05, 0.1) is 30.1 Å². The number of nitrogens with one attached hydrogen (secondary N) is 2. The van der Waals surface area contributed by atoms with E-state index in [1.54, 1.807) is 6.20 Å². The molecule has 10 heteroatoms. The van der Waals surface area contributed by atoms with Crippen LogP contribution in [0, 0.1) is 6.92 Å². The highest BCUT2D eigenvalue weighted by Crippen LogP contribution is 2.36. The van der Waals surface area contributed by atoms with Crippen LogP contribution in [0.3, 0.4) is 0 Å². The molecule has 0 aliphatic rings. The molecule has 0 aliphatic carbocycles. The number of halogens is 1. The van der Waals surface area contributed by atoms with E-state index in [1.165, 1.54) is 0 Å². The predicted octanol–water partition coefficient (Wildman–Crippen LogP) is 6.88. The van der Waals surface area contributed by atoms with Gasteiger partial charge in [0.1, 0.15) is 23.1 Å². The van der Waals surface area contributed by atoms with Crippen molar-refractivity contribution >= 4 is 36.9 Å². The Hall–Kier alpha value is -2.62. The van der Waals surface area contributed by atoms with Crippen LogP contribution in [0.5, 0.6) is 5.75 Å². The van der Waals surface area contributed by atoms with Crippen molar-refractivity contribution in [3.63, 3.8) is 0 Å². The maximum Gasteiger partial charge on any atom is 0.408 e. The van der Waals surface area contributed by atoms with E-state index in [9.17, 15) is 4.79 Å². The largest absolute Gasteiger partial charge is 0.490 e. The lowest BCUT2D eigenvalue weighted by atomic mass is 10.0. The second-order valence-corrected chi connectivity index (χ2v) is 17.0. The van der Waals surface area contributed by atoms with Crippen LogP contribution in [0.4, 0.5) is 4.79 Å². The van der Waals surface area contributed by atoms with Crippen LogP contribution in [0.25, 0.3) is 22.0 Å². The number of carbonyl (C=O) groups excluding carboxylic acids is 1. The van der Waals surface area contributed by atoms with Gasteiger partial charge in [0.25, 0.3) is 0 Å². The molecule has 2 aromatic heterocycles. The van der Waals surface area contributed by atoms with Gasteiger partial charge in [0.2, 0.25) is 0 Å². The molecule has 1 aromatic carbocycles. The Morgan fingerprint density at radius 3 is 2.49 bits per heavy atom. The summed E-state index contributed by atoms with van der Waals surface area (Å²) in [5, 5.41) is 11.6. The molecule has 3 rings (SSSR count). The number of aryl methyl sites for hydroxylation is 1. The Balaban J connectivity index is 1.78. The van der Waals surface area contributed by atoms with E-state index in [0.29, 0.717) is 17.5 Å². The summed E-state index contributed by atoms with van der Waals surface area (Å²) in [6.07, 6.45) is 1.06. The van der Waals surface area contributed by atoms with Crippen molar-refractivity contribution in [1.82, 2.24) is 20.5 Å². The molecular weight excluding hydrogens is 508 g/mol. The number of carbonyl (C=O) groups is 1. The van der Waals surface area contributed by atoms with Crippen LogP contribution < -0.4 is 10.1 Å². The van der Waals surface area contributed by atoms with Gasteiger partial charge in [-0.2, -0.15) is 5.10 Å². The van der Waals surface area contributed by atoms with E-state index in [2.05, 4.69) is 54.4 Å². The summed E-state index contributed by atoms with van der Waals surface area (Å²) >= 11 is 6.45. The highest BCUT2D eigenvalue weighted by atomic mass is 35.5. The third-order valence-corrected chi connectivity index (χ3v) is 11.3. The SMILES string of the molecule is Cc1n[nH]c2ccc(-c3cc(OC[C@H](CO[Si](C)(C)C(C)(C)C)NC(=O)OC(C)(C)C)cnc3Cl)cc12. The van der Waals surface area contributed by atoms with Crippen LogP contribution in [0.1, 0.15) is 47.2 Å². The number of nitrogens with zero attached hydrogens (tertiary/aromatic N) is 2. The standard InChI is InChI=1S/C27H39ClN4O4Si/c1-17-21-12-18(10-11-23(21)32-31-17)22-13-20(14-29-24(22)28)34-15-19(30-25(33)36-26(2,3)4)16-35-37(8,9)27(5,6)7/h10-14,19H,15-16H2,1-9H3,(H,30,33)(H,31,32)/t19-/m1/s1. The second kappa shape index (κ2) is 11.0. The Labute approximate surface area is 225 Å². The molecule has 202 valence electrons. The van der Waals surface area contributed by atoms with E-state index in [1.807, 2.05) is 52.0 Å². The molecule has 0 fully saturated rings. The van der Waals surface area contributed by atoms with Crippen LogP contribution >= 0.6 is 11.6 Å². The number of rotatable bonds is 8. The van der Waals surface area contributed by atoms with Crippen molar-refractivity contribution in [2.24, 2.45) is 0 Å². The van der Waals surface area contributed by atoms with Gasteiger partial charge in [-0.1, -0.05) is 38.4 Å². The van der Waals surface area contributed by atoms with E-state index >= 15 is 0 Å². The molecular formula is C27H39ClN4O4Si. The molecule has 37 heavy (non-hydrogen) atoms. The molecule has 0 saturated carbocycles. The topological polar surface area (TPSA) is 98.4 Å². The number of ether oxygens (including phenoxy) is 2. The quantitative estimate of drug-likeness (QED) is 0.236. The van der Waals surface area contributed by atoms with Gasteiger partial charge in [0.15, 0.2) is 8.32 Å². The van der Waals surface area contributed by atoms with Gasteiger partial charge in [-0.05, 0) is 69.6 Å². The van der Waals surface area contributed by atoms with Gasteiger partial charge >= 0.3 is 6.09 Å². The average Bonchev–Trinajstić information content (AvgIpc) is 3.14. The molecule has 0 aliphatic heterocycles. The first kappa shape index (κ1) is 28.9. The first-order valence-corrected chi connectivity index (χ1v) is 15.7. The summed E-state index contributed by atoms with van der Waals surface area (Å²) in [7, 11) is -2.04. The number of fused-ring (bicyclic) bond motifs is 1. The Morgan fingerprint density at radius 1 is 1.14 bits per heavy atom. The third kappa shape index (κ3) is 7.69. The fourth-order valence-corrected chi connectivity index (χ4v) is 4.61. The maximum atomic E-state index is 12.5. The predicted molar refractivity (Wildman–Crippen MR) is 151 cm³/mol. The number of aromatic amines is 1. The highest BCUT2D eigenvalue weighted by molar-refractivity contribution is 6.74. The lowest BCUT2D eigenvalue weighted by Gasteiger charge is -2.37. The minimum Gasteiger partial charge on any atom is -0.490 e. The fraction of sp³-hybridized carbons (Fsp3) is 0.519. The van der Waals surface area contributed by atoms with Crippen molar-refractivity contribution in [3.8, 4) is 16.9 Å². The van der Waals surface area contributed by atoms with Crippen molar-refractivity contribution in [2.45, 2.75) is 78.2 Å². The van der Waals surface area contributed by atoms with E-state index in [-0.39, 0.29) is 11.6 Å². The summed E-state index contributed by atoms with van der Waals surface area (Å²) in [5.74, 6) is 0.534. The van der Waals surface area contributed by atoms with Crippen molar-refractivity contribution in [1.29, 1.82) is 0 Å². The van der Waals surface area contributed by atoms with Crippen molar-refractivity contribution < 1.29 is 18.7 Å². The number of aromatic nitrogens is 3. The van der Waals surface area contributed by atoms with Gasteiger partial charge < -0.3 is 19.2 Å². The van der Waals surface area contributed by atoms with Gasteiger partial charge in [0, 0.05) is 10.9 Å². The monoisotopic (exact) mass is 546 g/mol. The molecule has 2 heterocycles. The van der Waals surface area contributed by atoms with Crippen LogP contribution in [-0.4, -0.2) is 54.4 Å². The van der Waals surface area contributed by atoms with Gasteiger partial charge in [-0.15, -0.1) is 0 Å². The van der Waals surface area contributed by atoms with E-state index in [0.717, 1.165) is 27.7 Å². The molecule has 8 nitrogen and oxygen atoms in total. The summed E-state index contributed by atoms with van der Waals surface area (Å²) in [6.45, 7) is 18.8. The number of amides is 1. The molecule has 0 bridgehead atoms. The van der Waals surface area contributed by atoms with Gasteiger partial charge in [-0.25, -0.2) is 9.78 Å². The van der Waals surface area contributed by atoms with E-state index < -0.39 is 26.1 Å². The molecule has 1 atom stereocenters. The highest BCUT2D eigenvalue weighted by Gasteiger charge is 2.38. The Bertz CT molecular complexity index is 1250. The van der Waals surface area contributed by atoms with Crippen LogP contribution in [-0.2, 0) is 9.16 Å². The third-order valence-electron chi connectivity index (χ3n) is 6.50. The number of alkyl carbamates (subject to hydrolysis) is 1. The summed E-state index contributed by atoms with van der Waals surface area (Å²) < 4.78 is 17.9. The molecule has 3 aromatic rings. The Morgan fingerprint density at radius 2 is 1.84 bits per heavy atom. The smallest absolute Gasteiger partial charge is 0.408 e. The summed E-state index contributed by atoms with van der Waals surface area (Å²) in [5.41, 5.74) is 2.90. The number of benzene rings is 1. The first-order valence-electron chi connectivity index (χ1n) is 12.4. The minimum absolute atomic E-state index is 0.0355. The fourth-order valence-electron chi connectivity index (χ4n) is 3.35. The van der Waals surface area contributed by atoms with Crippen molar-refractivity contribution in [3.05, 3.63) is 41.3 Å². The number of hydrogen-bond donors (Lipinski definition) is 2. The average molecular weight is 547 g/mol. The zero-order valence-corrected chi connectivity index (χ0v) is 25.0. The lowest BCUT2D eigenvalue weighted by molar-refractivity contribution is 0.0461. The molecule has 0 unspecified atom stereocenters. The van der Waals surface area contributed by atoms with Crippen molar-refractivity contribution in [2.75, 3.05) is 13.2 Å². The molecule has 0 saturated heterocycles. The number of pyridine rings is 1. The molecule has 1 amide bonds. The van der Waals surface area contributed by atoms with E-state index in [4.69, 9.17) is 25.5 Å². The normalized spacial score (nSPS) is 13.5. The minimum atomic E-state index is -2.04. The van der Waals surface area contributed by atoms with Crippen LogP contribution in [0.15, 0.2) is 30.5 Å². The summed E-state index contributed by atoms with van der Waals surface area (Å²) in [4.78, 5) is 16.9. The Kier molecular flexibility index (Phi) is 8.61. The molecule has 0 radical (unpaired) electrons. The second-order valence-electron chi connectivity index (χ2n) is 11.8. The molecule has 0 spiro atoms. The number of H-pyrrole nitrogens is 1. The zero-order chi connectivity index (χ0) is 27.6. The lowest BCUT2D eigenvalue weighted by Crippen LogP contribution is -2.49. The van der Waals surface area contributed by atoms with Crippen LogP contribution in [0.2, 0.25) is 23.3 Å². The zero-order valence-electron chi connectivity index (χ0n) is 23.3. The number of hydrogen-bond acceptors (Lipinski definition) is 6. The van der Waals surface area contributed by atoms with Gasteiger partial charge in [-0.3, -0.25) is 5.10 Å². The first-order chi connectivity index (χ1) is 17.1.